The van der Waals surface area contributed by atoms with Gasteiger partial charge >= 0.3 is 0 Å². The standard InChI is InChI=1S/C24H18N2O2/c1-3-7-18(8-4-1)23-24(19-9-5-2-6-10-19)26-20(15-25-23)13-17-11-12-21-22(14-17)28-16-27-21/h1-12,14-15H,13,16H2. The van der Waals surface area contributed by atoms with E-state index in [0.717, 1.165) is 45.3 Å². The lowest BCUT2D eigenvalue weighted by molar-refractivity contribution is 0.174. The van der Waals surface area contributed by atoms with Crippen molar-refractivity contribution in [2.45, 2.75) is 6.42 Å². The zero-order valence-corrected chi connectivity index (χ0v) is 15.2. The van der Waals surface area contributed by atoms with Gasteiger partial charge in [-0.2, -0.15) is 0 Å². The van der Waals surface area contributed by atoms with Gasteiger partial charge in [-0.05, 0) is 17.7 Å². The summed E-state index contributed by atoms with van der Waals surface area (Å²) in [5, 5.41) is 0. The average molecular weight is 366 g/mol. The van der Waals surface area contributed by atoms with Crippen molar-refractivity contribution in [3.63, 3.8) is 0 Å². The Kier molecular flexibility index (Phi) is 4.22. The molecule has 136 valence electrons. The van der Waals surface area contributed by atoms with Gasteiger partial charge in [-0.25, -0.2) is 4.98 Å². The van der Waals surface area contributed by atoms with E-state index in [4.69, 9.17) is 19.4 Å². The first-order chi connectivity index (χ1) is 13.9. The largest absolute Gasteiger partial charge is 0.454 e. The number of benzene rings is 3. The zero-order valence-electron chi connectivity index (χ0n) is 15.2. The highest BCUT2D eigenvalue weighted by Gasteiger charge is 2.15. The van der Waals surface area contributed by atoms with Crippen LogP contribution in [0.2, 0.25) is 0 Å². The normalized spacial score (nSPS) is 12.1. The van der Waals surface area contributed by atoms with E-state index in [0.29, 0.717) is 6.42 Å². The summed E-state index contributed by atoms with van der Waals surface area (Å²) in [6.45, 7) is 0.280. The van der Waals surface area contributed by atoms with Gasteiger partial charge in [0.15, 0.2) is 11.5 Å². The number of hydrogen-bond acceptors (Lipinski definition) is 4. The van der Waals surface area contributed by atoms with E-state index >= 15 is 0 Å². The van der Waals surface area contributed by atoms with Gasteiger partial charge in [-0.15, -0.1) is 0 Å². The second-order valence-corrected chi connectivity index (χ2v) is 6.65. The summed E-state index contributed by atoms with van der Waals surface area (Å²) < 4.78 is 10.9. The van der Waals surface area contributed by atoms with Crippen LogP contribution in [0.1, 0.15) is 11.3 Å². The van der Waals surface area contributed by atoms with Gasteiger partial charge in [0.05, 0.1) is 17.1 Å². The molecule has 4 nitrogen and oxygen atoms in total. The van der Waals surface area contributed by atoms with Crippen molar-refractivity contribution in [1.29, 1.82) is 0 Å². The Balaban J connectivity index is 1.55. The van der Waals surface area contributed by atoms with E-state index in [-0.39, 0.29) is 6.79 Å². The van der Waals surface area contributed by atoms with Crippen molar-refractivity contribution >= 4 is 0 Å². The van der Waals surface area contributed by atoms with E-state index in [1.807, 2.05) is 60.8 Å². The Morgan fingerprint density at radius 1 is 0.714 bits per heavy atom. The summed E-state index contributed by atoms with van der Waals surface area (Å²) in [6.07, 6.45) is 2.54. The van der Waals surface area contributed by atoms with Crippen LogP contribution in [0.25, 0.3) is 22.5 Å². The molecule has 0 unspecified atom stereocenters. The van der Waals surface area contributed by atoms with E-state index in [1.54, 1.807) is 0 Å². The molecule has 0 radical (unpaired) electrons. The molecule has 0 atom stereocenters. The molecule has 0 N–H and O–H groups in total. The fourth-order valence-electron chi connectivity index (χ4n) is 3.38. The number of nitrogens with zero attached hydrogens (tertiary/aromatic N) is 2. The summed E-state index contributed by atoms with van der Waals surface area (Å²) in [6, 6.07) is 26.4. The third-order valence-corrected chi connectivity index (χ3v) is 4.74. The highest BCUT2D eigenvalue weighted by atomic mass is 16.7. The van der Waals surface area contributed by atoms with Gasteiger partial charge in [-0.1, -0.05) is 66.7 Å². The fraction of sp³-hybridized carbons (Fsp3) is 0.0833. The molecule has 0 saturated heterocycles. The highest BCUT2D eigenvalue weighted by Crippen LogP contribution is 2.33. The van der Waals surface area contributed by atoms with Crippen LogP contribution in [0.5, 0.6) is 11.5 Å². The maximum atomic E-state index is 5.49. The molecular weight excluding hydrogens is 348 g/mol. The average Bonchev–Trinajstić information content (AvgIpc) is 3.23. The Hall–Kier alpha value is -3.66. The molecule has 0 fully saturated rings. The van der Waals surface area contributed by atoms with E-state index < -0.39 is 0 Å². The molecule has 28 heavy (non-hydrogen) atoms. The lowest BCUT2D eigenvalue weighted by atomic mass is 10.0. The Labute approximate surface area is 163 Å². The van der Waals surface area contributed by atoms with Crippen molar-refractivity contribution in [3.8, 4) is 34.0 Å². The molecule has 2 heterocycles. The molecule has 4 aromatic rings. The van der Waals surface area contributed by atoms with Crippen molar-refractivity contribution < 1.29 is 9.47 Å². The molecule has 0 spiro atoms. The molecular formula is C24H18N2O2. The minimum Gasteiger partial charge on any atom is -0.454 e. The van der Waals surface area contributed by atoms with E-state index in [9.17, 15) is 0 Å². The Morgan fingerprint density at radius 3 is 2.14 bits per heavy atom. The minimum atomic E-state index is 0.280. The number of fused-ring (bicyclic) bond motifs is 1. The molecule has 0 bridgehead atoms. The maximum Gasteiger partial charge on any atom is 0.231 e. The van der Waals surface area contributed by atoms with Crippen molar-refractivity contribution in [3.05, 3.63) is 96.3 Å². The summed E-state index contributed by atoms with van der Waals surface area (Å²) >= 11 is 0. The first-order valence-corrected chi connectivity index (χ1v) is 9.22. The number of rotatable bonds is 4. The molecule has 0 amide bonds. The lowest BCUT2D eigenvalue weighted by Gasteiger charge is -2.11. The number of aromatic nitrogens is 2. The lowest BCUT2D eigenvalue weighted by Crippen LogP contribution is -2.00. The predicted molar refractivity (Wildman–Crippen MR) is 108 cm³/mol. The van der Waals surface area contributed by atoms with Gasteiger partial charge in [0.25, 0.3) is 0 Å². The van der Waals surface area contributed by atoms with Crippen molar-refractivity contribution in [1.82, 2.24) is 9.97 Å². The summed E-state index contributed by atoms with van der Waals surface area (Å²) in [5.74, 6) is 1.58. The quantitative estimate of drug-likeness (QED) is 0.502. The first kappa shape index (κ1) is 16.5. The van der Waals surface area contributed by atoms with Gasteiger partial charge in [-0.3, -0.25) is 4.98 Å². The number of hydrogen-bond donors (Lipinski definition) is 0. The van der Waals surface area contributed by atoms with Gasteiger partial charge in [0, 0.05) is 23.7 Å². The van der Waals surface area contributed by atoms with Gasteiger partial charge in [0.1, 0.15) is 0 Å². The fourth-order valence-corrected chi connectivity index (χ4v) is 3.38. The van der Waals surface area contributed by atoms with Crippen LogP contribution in [-0.2, 0) is 6.42 Å². The molecule has 0 saturated carbocycles. The van der Waals surface area contributed by atoms with Crippen LogP contribution in [0, 0.1) is 0 Å². The monoisotopic (exact) mass is 366 g/mol. The van der Waals surface area contributed by atoms with E-state index in [1.165, 1.54) is 0 Å². The molecule has 4 heteroatoms. The third-order valence-electron chi connectivity index (χ3n) is 4.74. The molecule has 1 aromatic heterocycles. The molecule has 5 rings (SSSR count). The molecule has 3 aromatic carbocycles. The van der Waals surface area contributed by atoms with Crippen LogP contribution in [0.15, 0.2) is 85.1 Å². The summed E-state index contributed by atoms with van der Waals surface area (Å²) in [5.41, 5.74) is 5.93. The second kappa shape index (κ2) is 7.16. The minimum absolute atomic E-state index is 0.280. The van der Waals surface area contributed by atoms with Gasteiger partial charge in [0.2, 0.25) is 6.79 Å². The molecule has 1 aliphatic heterocycles. The summed E-state index contributed by atoms with van der Waals surface area (Å²) in [7, 11) is 0. The third kappa shape index (κ3) is 3.21. The first-order valence-electron chi connectivity index (χ1n) is 9.22. The van der Waals surface area contributed by atoms with Crippen LogP contribution < -0.4 is 9.47 Å². The predicted octanol–water partition coefficient (Wildman–Crippen LogP) is 5.13. The molecule has 1 aliphatic rings. The topological polar surface area (TPSA) is 44.2 Å². The highest BCUT2D eigenvalue weighted by molar-refractivity contribution is 5.77. The zero-order chi connectivity index (χ0) is 18.8. The Morgan fingerprint density at radius 2 is 1.39 bits per heavy atom. The van der Waals surface area contributed by atoms with Crippen LogP contribution in [0.3, 0.4) is 0 Å². The molecule has 0 aliphatic carbocycles. The van der Waals surface area contributed by atoms with Crippen LogP contribution >= 0.6 is 0 Å². The van der Waals surface area contributed by atoms with Crippen molar-refractivity contribution in [2.24, 2.45) is 0 Å². The van der Waals surface area contributed by atoms with E-state index in [2.05, 4.69) is 24.3 Å². The Bertz CT molecular complexity index is 1110. The van der Waals surface area contributed by atoms with Crippen LogP contribution in [0.4, 0.5) is 0 Å². The van der Waals surface area contributed by atoms with Crippen LogP contribution in [-0.4, -0.2) is 16.8 Å². The second-order valence-electron chi connectivity index (χ2n) is 6.65. The van der Waals surface area contributed by atoms with Gasteiger partial charge < -0.3 is 9.47 Å². The van der Waals surface area contributed by atoms with Crippen molar-refractivity contribution in [2.75, 3.05) is 6.79 Å². The smallest absolute Gasteiger partial charge is 0.231 e. The number of ether oxygens (including phenoxy) is 2. The maximum absolute atomic E-state index is 5.49. The summed E-state index contributed by atoms with van der Waals surface area (Å²) in [4.78, 5) is 9.75. The SMILES string of the molecule is c1ccc(-c2ncc(Cc3ccc4c(c3)OCO4)nc2-c2ccccc2)cc1.